The number of amides is 3. The summed E-state index contributed by atoms with van der Waals surface area (Å²) >= 11 is 13.8. The molecule has 0 saturated carbocycles. The van der Waals surface area contributed by atoms with Crippen molar-refractivity contribution >= 4 is 63.4 Å². The van der Waals surface area contributed by atoms with Crippen LogP contribution in [-0.4, -0.2) is 11.9 Å². The highest BCUT2D eigenvalue weighted by atomic mass is 127. The molecule has 2 N–H and O–H groups in total. The molecule has 0 aromatic heterocycles. The van der Waals surface area contributed by atoms with Crippen molar-refractivity contribution in [3.8, 4) is 0 Å². The number of urea groups is 1. The van der Waals surface area contributed by atoms with Crippen LogP contribution in [0.5, 0.6) is 0 Å². The summed E-state index contributed by atoms with van der Waals surface area (Å²) in [4.78, 5) is 24.7. The van der Waals surface area contributed by atoms with Crippen LogP contribution in [0.15, 0.2) is 36.4 Å². The van der Waals surface area contributed by atoms with Crippen LogP contribution in [0.3, 0.4) is 0 Å². The molecule has 3 amide bonds. The minimum atomic E-state index is -1.14. The molecule has 0 radical (unpaired) electrons. The molecule has 114 valence electrons. The van der Waals surface area contributed by atoms with E-state index in [-0.39, 0.29) is 21.3 Å². The summed E-state index contributed by atoms with van der Waals surface area (Å²) in [5.41, 5.74) is 4.83. The lowest BCUT2D eigenvalue weighted by molar-refractivity contribution is 0.0994. The maximum atomic E-state index is 14.1. The van der Waals surface area contributed by atoms with Gasteiger partial charge in [-0.3, -0.25) is 4.79 Å². The van der Waals surface area contributed by atoms with Crippen LogP contribution in [0.4, 0.5) is 14.9 Å². The second-order valence-corrected chi connectivity index (χ2v) is 6.23. The van der Waals surface area contributed by atoms with E-state index in [0.717, 1.165) is 0 Å². The SMILES string of the molecule is NC(=O)N(C(=O)c1c(Cl)cccc1Cl)c1ccc(I)cc1F. The van der Waals surface area contributed by atoms with Crippen LogP contribution < -0.4 is 10.6 Å². The van der Waals surface area contributed by atoms with Crippen molar-refractivity contribution < 1.29 is 14.0 Å². The lowest BCUT2D eigenvalue weighted by atomic mass is 10.1. The van der Waals surface area contributed by atoms with E-state index in [4.69, 9.17) is 28.9 Å². The van der Waals surface area contributed by atoms with Gasteiger partial charge in [0, 0.05) is 3.57 Å². The van der Waals surface area contributed by atoms with Crippen molar-refractivity contribution in [1.82, 2.24) is 0 Å². The first kappa shape index (κ1) is 17.0. The van der Waals surface area contributed by atoms with Crippen molar-refractivity contribution in [2.75, 3.05) is 4.90 Å². The van der Waals surface area contributed by atoms with Gasteiger partial charge in [0.05, 0.1) is 21.3 Å². The van der Waals surface area contributed by atoms with E-state index in [9.17, 15) is 14.0 Å². The Hall–Kier alpha value is -1.38. The average molecular weight is 453 g/mol. The van der Waals surface area contributed by atoms with E-state index in [1.807, 2.05) is 22.6 Å². The van der Waals surface area contributed by atoms with Crippen molar-refractivity contribution in [1.29, 1.82) is 0 Å². The van der Waals surface area contributed by atoms with Gasteiger partial charge in [0.15, 0.2) is 0 Å². The Labute approximate surface area is 149 Å². The Balaban J connectivity index is 2.58. The van der Waals surface area contributed by atoms with Crippen LogP contribution in [0.25, 0.3) is 0 Å². The molecule has 22 heavy (non-hydrogen) atoms. The number of carbonyl (C=O) groups excluding carboxylic acids is 2. The third-order valence-electron chi connectivity index (χ3n) is 2.75. The molecule has 0 saturated heterocycles. The minimum absolute atomic E-state index is 0.0367. The third-order valence-corrected chi connectivity index (χ3v) is 4.05. The van der Waals surface area contributed by atoms with Crippen LogP contribution in [0, 0.1) is 9.39 Å². The van der Waals surface area contributed by atoms with Crippen molar-refractivity contribution in [3.05, 3.63) is 61.4 Å². The average Bonchev–Trinajstić information content (AvgIpc) is 2.41. The fourth-order valence-electron chi connectivity index (χ4n) is 1.80. The second-order valence-electron chi connectivity index (χ2n) is 4.17. The first-order chi connectivity index (χ1) is 10.3. The van der Waals surface area contributed by atoms with E-state index in [0.29, 0.717) is 8.47 Å². The number of rotatable bonds is 2. The first-order valence-electron chi connectivity index (χ1n) is 5.86. The molecular formula is C14H8Cl2FIN2O2. The molecule has 2 rings (SSSR count). The topological polar surface area (TPSA) is 63.4 Å². The third kappa shape index (κ3) is 3.34. The molecule has 4 nitrogen and oxygen atoms in total. The monoisotopic (exact) mass is 452 g/mol. The predicted octanol–water partition coefficient (Wildman–Crippen LogP) is 4.46. The summed E-state index contributed by atoms with van der Waals surface area (Å²) in [6.07, 6.45) is 0. The van der Waals surface area contributed by atoms with Gasteiger partial charge < -0.3 is 5.73 Å². The maximum absolute atomic E-state index is 14.1. The summed E-state index contributed by atoms with van der Waals surface area (Å²) in [6, 6.07) is 7.27. The highest BCUT2D eigenvalue weighted by Gasteiger charge is 2.28. The number of primary amides is 1. The quantitative estimate of drug-likeness (QED) is 0.683. The number of nitrogens with zero attached hydrogens (tertiary/aromatic N) is 1. The Morgan fingerprint density at radius 1 is 1.14 bits per heavy atom. The van der Waals surface area contributed by atoms with Crippen LogP contribution >= 0.6 is 45.8 Å². The summed E-state index contributed by atoms with van der Waals surface area (Å²) in [5.74, 6) is -1.66. The molecule has 0 spiro atoms. The molecule has 0 heterocycles. The van der Waals surface area contributed by atoms with E-state index in [1.165, 1.54) is 30.3 Å². The fraction of sp³-hybridized carbons (Fsp3) is 0. The molecule has 0 atom stereocenters. The highest BCUT2D eigenvalue weighted by molar-refractivity contribution is 14.1. The zero-order valence-corrected chi connectivity index (χ0v) is 14.5. The zero-order chi connectivity index (χ0) is 16.4. The standard InChI is InChI=1S/C14H8Cl2FIN2O2/c15-8-2-1-3-9(16)12(8)13(21)20(14(19)22)11-5-4-7(18)6-10(11)17/h1-6H,(H2,19,22). The van der Waals surface area contributed by atoms with E-state index >= 15 is 0 Å². The number of benzene rings is 2. The minimum Gasteiger partial charge on any atom is -0.351 e. The van der Waals surface area contributed by atoms with Crippen LogP contribution in [0.2, 0.25) is 10.0 Å². The van der Waals surface area contributed by atoms with Gasteiger partial charge >= 0.3 is 6.03 Å². The summed E-state index contributed by atoms with van der Waals surface area (Å²) in [5, 5.41) is 0.0735. The number of carbonyl (C=O) groups is 2. The second kappa shape index (κ2) is 6.80. The summed E-state index contributed by atoms with van der Waals surface area (Å²) < 4.78 is 14.7. The van der Waals surface area contributed by atoms with Gasteiger partial charge in [-0.25, -0.2) is 14.1 Å². The number of nitrogens with two attached hydrogens (primary N) is 1. The lowest BCUT2D eigenvalue weighted by Crippen LogP contribution is -2.41. The smallest absolute Gasteiger partial charge is 0.326 e. The molecule has 0 fully saturated rings. The Morgan fingerprint density at radius 3 is 2.23 bits per heavy atom. The highest BCUT2D eigenvalue weighted by Crippen LogP contribution is 2.29. The molecule has 0 unspecified atom stereocenters. The predicted molar refractivity (Wildman–Crippen MR) is 92.0 cm³/mol. The van der Waals surface area contributed by atoms with Gasteiger partial charge in [0.25, 0.3) is 5.91 Å². The zero-order valence-electron chi connectivity index (χ0n) is 10.8. The summed E-state index contributed by atoms with van der Waals surface area (Å²) in [6.45, 7) is 0. The Morgan fingerprint density at radius 2 is 1.73 bits per heavy atom. The van der Waals surface area contributed by atoms with Crippen LogP contribution in [-0.2, 0) is 0 Å². The molecule has 0 bridgehead atoms. The Bertz CT molecular complexity index is 750. The normalized spacial score (nSPS) is 10.4. The van der Waals surface area contributed by atoms with Crippen molar-refractivity contribution in [2.45, 2.75) is 0 Å². The molecule has 0 aliphatic carbocycles. The van der Waals surface area contributed by atoms with Crippen molar-refractivity contribution in [3.63, 3.8) is 0 Å². The molecule has 2 aromatic rings. The molecular weight excluding hydrogens is 445 g/mol. The van der Waals surface area contributed by atoms with E-state index in [2.05, 4.69) is 0 Å². The molecule has 0 aliphatic heterocycles. The van der Waals surface area contributed by atoms with Crippen LogP contribution in [0.1, 0.15) is 10.4 Å². The largest absolute Gasteiger partial charge is 0.351 e. The van der Waals surface area contributed by atoms with Gasteiger partial charge in [0.2, 0.25) is 0 Å². The first-order valence-corrected chi connectivity index (χ1v) is 7.69. The number of anilines is 1. The maximum Gasteiger partial charge on any atom is 0.326 e. The van der Waals surface area contributed by atoms with Crippen molar-refractivity contribution in [2.24, 2.45) is 5.73 Å². The fourth-order valence-corrected chi connectivity index (χ4v) is 2.82. The molecule has 2 aromatic carbocycles. The molecule has 8 heteroatoms. The summed E-state index contributed by atoms with van der Waals surface area (Å²) in [7, 11) is 0. The van der Waals surface area contributed by atoms with Gasteiger partial charge in [-0.1, -0.05) is 29.3 Å². The Kier molecular flexibility index (Phi) is 5.25. The van der Waals surface area contributed by atoms with Gasteiger partial charge in [-0.05, 0) is 52.9 Å². The van der Waals surface area contributed by atoms with E-state index in [1.54, 1.807) is 6.07 Å². The number of hydrogen-bond donors (Lipinski definition) is 1. The van der Waals surface area contributed by atoms with Gasteiger partial charge in [-0.2, -0.15) is 0 Å². The number of hydrogen-bond acceptors (Lipinski definition) is 2. The number of imide groups is 1. The van der Waals surface area contributed by atoms with Gasteiger partial charge in [0.1, 0.15) is 5.82 Å². The van der Waals surface area contributed by atoms with E-state index < -0.39 is 17.8 Å². The number of halogens is 4. The molecule has 0 aliphatic rings. The lowest BCUT2D eigenvalue weighted by Gasteiger charge is -2.20. The van der Waals surface area contributed by atoms with Gasteiger partial charge in [-0.15, -0.1) is 0 Å².